The monoisotopic (exact) mass is 375 g/mol. The number of hydrogen-bond donors (Lipinski definition) is 0. The second-order valence-electron chi connectivity index (χ2n) is 7.65. The Morgan fingerprint density at radius 1 is 1.04 bits per heavy atom. The summed E-state index contributed by atoms with van der Waals surface area (Å²) in [4.78, 5) is 2.63. The molecule has 5 heteroatoms. The van der Waals surface area contributed by atoms with E-state index in [1.165, 1.54) is 36.6 Å². The summed E-state index contributed by atoms with van der Waals surface area (Å²) in [6.45, 7) is 3.49. The largest absolute Gasteiger partial charge is 0.573 e. The summed E-state index contributed by atoms with van der Waals surface area (Å²) in [6, 6.07) is 13.6. The van der Waals surface area contributed by atoms with Gasteiger partial charge in [-0.15, -0.1) is 13.2 Å². The summed E-state index contributed by atoms with van der Waals surface area (Å²) in [7, 11) is 0. The zero-order valence-corrected chi connectivity index (χ0v) is 15.4. The number of aryl methyl sites for hydroxylation is 1. The molecule has 0 saturated carbocycles. The number of benzene rings is 2. The summed E-state index contributed by atoms with van der Waals surface area (Å²) in [6.07, 6.45) is 0.975. The number of fused-ring (bicyclic) bond motifs is 1. The Hall–Kier alpha value is -2.01. The fourth-order valence-corrected chi connectivity index (χ4v) is 4.60. The van der Waals surface area contributed by atoms with E-state index in [0.29, 0.717) is 17.6 Å². The standard InChI is InChI=1S/C22H24F3NO/c1-15-5-4-12-26(15)19-11-10-16-13-18(9-8-17(16)14-19)20-6-2-3-7-21(20)27-22(23,24)25/h2-3,6-9,13,15,19H,4-5,10-12,14H2,1H3. The van der Waals surface area contributed by atoms with Crippen molar-refractivity contribution >= 4 is 0 Å². The maximum atomic E-state index is 12.7. The van der Waals surface area contributed by atoms with E-state index in [4.69, 9.17) is 0 Å². The molecule has 0 amide bonds. The van der Waals surface area contributed by atoms with Crippen molar-refractivity contribution in [2.24, 2.45) is 0 Å². The predicted molar refractivity (Wildman–Crippen MR) is 99.8 cm³/mol. The number of likely N-dealkylation sites (tertiary alicyclic amines) is 1. The molecule has 0 spiro atoms. The van der Waals surface area contributed by atoms with Crippen LogP contribution in [0.25, 0.3) is 11.1 Å². The first kappa shape index (κ1) is 18.4. The Balaban J connectivity index is 1.58. The second kappa shape index (κ2) is 7.19. The summed E-state index contributed by atoms with van der Waals surface area (Å²) in [5, 5.41) is 0. The van der Waals surface area contributed by atoms with Crippen molar-refractivity contribution in [2.45, 2.75) is 57.5 Å². The molecule has 2 atom stereocenters. The highest BCUT2D eigenvalue weighted by molar-refractivity contribution is 5.71. The Labute approximate surface area is 157 Å². The van der Waals surface area contributed by atoms with E-state index >= 15 is 0 Å². The molecule has 2 aromatic rings. The third kappa shape index (κ3) is 3.98. The molecule has 1 aliphatic heterocycles. The summed E-state index contributed by atoms with van der Waals surface area (Å²) >= 11 is 0. The molecule has 0 radical (unpaired) electrons. The fraction of sp³-hybridized carbons (Fsp3) is 0.455. The van der Waals surface area contributed by atoms with Crippen LogP contribution >= 0.6 is 0 Å². The van der Waals surface area contributed by atoms with Gasteiger partial charge in [-0.2, -0.15) is 0 Å². The molecule has 144 valence electrons. The van der Waals surface area contributed by atoms with Crippen molar-refractivity contribution < 1.29 is 17.9 Å². The van der Waals surface area contributed by atoms with Crippen LogP contribution in [0.2, 0.25) is 0 Å². The zero-order valence-electron chi connectivity index (χ0n) is 15.4. The smallest absolute Gasteiger partial charge is 0.405 e. The van der Waals surface area contributed by atoms with Gasteiger partial charge in [0.1, 0.15) is 5.75 Å². The lowest BCUT2D eigenvalue weighted by atomic mass is 9.85. The molecule has 0 N–H and O–H groups in total. The van der Waals surface area contributed by atoms with Crippen molar-refractivity contribution in [1.82, 2.24) is 4.90 Å². The van der Waals surface area contributed by atoms with E-state index in [1.807, 2.05) is 12.1 Å². The van der Waals surface area contributed by atoms with Gasteiger partial charge in [0.2, 0.25) is 0 Å². The molecule has 1 aliphatic carbocycles. The third-order valence-corrected chi connectivity index (χ3v) is 5.91. The maximum absolute atomic E-state index is 12.7. The number of alkyl halides is 3. The van der Waals surface area contributed by atoms with Crippen LogP contribution in [0.4, 0.5) is 13.2 Å². The van der Waals surface area contributed by atoms with Crippen molar-refractivity contribution in [3.05, 3.63) is 53.6 Å². The summed E-state index contributed by atoms with van der Waals surface area (Å²) < 4.78 is 42.3. The van der Waals surface area contributed by atoms with Crippen LogP contribution in [0.15, 0.2) is 42.5 Å². The second-order valence-corrected chi connectivity index (χ2v) is 7.65. The minimum Gasteiger partial charge on any atom is -0.405 e. The molecular formula is C22H24F3NO. The van der Waals surface area contributed by atoms with E-state index in [9.17, 15) is 13.2 Å². The summed E-state index contributed by atoms with van der Waals surface area (Å²) in [5.41, 5.74) is 3.83. The molecule has 2 aliphatic rings. The first-order valence-electron chi connectivity index (χ1n) is 9.63. The molecule has 2 aromatic carbocycles. The van der Waals surface area contributed by atoms with Crippen LogP contribution in [0, 0.1) is 0 Å². The fourth-order valence-electron chi connectivity index (χ4n) is 4.60. The van der Waals surface area contributed by atoms with Crippen LogP contribution < -0.4 is 4.74 Å². The van der Waals surface area contributed by atoms with Gasteiger partial charge in [0, 0.05) is 17.6 Å². The molecule has 1 heterocycles. The highest BCUT2D eigenvalue weighted by Gasteiger charge is 2.33. The lowest BCUT2D eigenvalue weighted by Gasteiger charge is -2.35. The van der Waals surface area contributed by atoms with Gasteiger partial charge in [-0.25, -0.2) is 0 Å². The van der Waals surface area contributed by atoms with Crippen LogP contribution in [0.5, 0.6) is 5.75 Å². The van der Waals surface area contributed by atoms with E-state index in [2.05, 4.69) is 22.6 Å². The molecular weight excluding hydrogens is 351 g/mol. The van der Waals surface area contributed by atoms with Crippen LogP contribution in [0.1, 0.15) is 37.3 Å². The van der Waals surface area contributed by atoms with Gasteiger partial charge >= 0.3 is 6.36 Å². The minimum atomic E-state index is -4.69. The molecule has 2 unspecified atom stereocenters. The van der Waals surface area contributed by atoms with Gasteiger partial charge in [-0.1, -0.05) is 36.4 Å². The molecule has 1 saturated heterocycles. The molecule has 0 aromatic heterocycles. The third-order valence-electron chi connectivity index (χ3n) is 5.91. The Bertz CT molecular complexity index is 817. The minimum absolute atomic E-state index is 0.149. The predicted octanol–water partition coefficient (Wildman–Crippen LogP) is 5.59. The van der Waals surface area contributed by atoms with Gasteiger partial charge in [0.25, 0.3) is 0 Å². The average molecular weight is 375 g/mol. The first-order valence-corrected chi connectivity index (χ1v) is 9.63. The Morgan fingerprint density at radius 2 is 1.85 bits per heavy atom. The van der Waals surface area contributed by atoms with E-state index in [0.717, 1.165) is 24.8 Å². The number of halogens is 3. The number of para-hydroxylation sites is 1. The average Bonchev–Trinajstić information content (AvgIpc) is 3.06. The molecule has 27 heavy (non-hydrogen) atoms. The SMILES string of the molecule is CC1CCCN1C1CCc2cc(-c3ccccc3OC(F)(F)F)ccc2C1. The number of hydrogen-bond acceptors (Lipinski definition) is 2. The molecule has 2 nitrogen and oxygen atoms in total. The van der Waals surface area contributed by atoms with Crippen LogP contribution in [-0.4, -0.2) is 29.9 Å². The summed E-state index contributed by atoms with van der Waals surface area (Å²) in [5.74, 6) is -0.149. The maximum Gasteiger partial charge on any atom is 0.573 e. The van der Waals surface area contributed by atoms with Gasteiger partial charge in [-0.05, 0) is 68.3 Å². The number of rotatable bonds is 3. The van der Waals surface area contributed by atoms with E-state index in [1.54, 1.807) is 18.2 Å². The van der Waals surface area contributed by atoms with Crippen molar-refractivity contribution in [3.63, 3.8) is 0 Å². The van der Waals surface area contributed by atoms with Gasteiger partial charge < -0.3 is 4.74 Å². The topological polar surface area (TPSA) is 12.5 Å². The Morgan fingerprint density at radius 3 is 2.59 bits per heavy atom. The van der Waals surface area contributed by atoms with E-state index < -0.39 is 6.36 Å². The lowest BCUT2D eigenvalue weighted by Crippen LogP contribution is -2.41. The molecule has 1 fully saturated rings. The highest BCUT2D eigenvalue weighted by Crippen LogP contribution is 2.36. The highest BCUT2D eigenvalue weighted by atomic mass is 19.4. The van der Waals surface area contributed by atoms with Gasteiger partial charge in [0.05, 0.1) is 0 Å². The Kier molecular flexibility index (Phi) is 4.89. The van der Waals surface area contributed by atoms with Crippen molar-refractivity contribution in [2.75, 3.05) is 6.54 Å². The van der Waals surface area contributed by atoms with Crippen LogP contribution in [-0.2, 0) is 12.8 Å². The number of ether oxygens (including phenoxy) is 1. The molecule has 0 bridgehead atoms. The lowest BCUT2D eigenvalue weighted by molar-refractivity contribution is -0.274. The van der Waals surface area contributed by atoms with Crippen LogP contribution in [0.3, 0.4) is 0 Å². The van der Waals surface area contributed by atoms with Gasteiger partial charge in [-0.3, -0.25) is 4.90 Å². The first-order chi connectivity index (χ1) is 12.9. The molecule has 4 rings (SSSR count). The van der Waals surface area contributed by atoms with E-state index in [-0.39, 0.29) is 5.75 Å². The zero-order chi connectivity index (χ0) is 19.0. The van der Waals surface area contributed by atoms with Crippen molar-refractivity contribution in [1.29, 1.82) is 0 Å². The number of nitrogens with zero attached hydrogens (tertiary/aromatic N) is 1. The van der Waals surface area contributed by atoms with Crippen molar-refractivity contribution in [3.8, 4) is 16.9 Å². The van der Waals surface area contributed by atoms with Gasteiger partial charge in [0.15, 0.2) is 0 Å². The quantitative estimate of drug-likeness (QED) is 0.693. The normalized spacial score (nSPS) is 23.3.